The SMILES string of the molecule is O=C(COc1ccc(Cl)c2cccnc12)Nc1nc(-c2cccnc2)cs1. The van der Waals surface area contributed by atoms with E-state index in [0.29, 0.717) is 21.4 Å². The molecule has 0 saturated carbocycles. The molecule has 0 fully saturated rings. The molecule has 3 aromatic heterocycles. The highest BCUT2D eigenvalue weighted by atomic mass is 35.5. The van der Waals surface area contributed by atoms with Crippen LogP contribution in [0.4, 0.5) is 5.13 Å². The first-order valence-electron chi connectivity index (χ1n) is 8.02. The van der Waals surface area contributed by atoms with Crippen molar-refractivity contribution in [1.82, 2.24) is 15.0 Å². The summed E-state index contributed by atoms with van der Waals surface area (Å²) in [5.41, 5.74) is 2.27. The first-order chi connectivity index (χ1) is 13.2. The van der Waals surface area contributed by atoms with Crippen molar-refractivity contribution in [1.29, 1.82) is 0 Å². The number of thiazole rings is 1. The summed E-state index contributed by atoms with van der Waals surface area (Å²) in [6, 6.07) is 10.8. The zero-order valence-electron chi connectivity index (χ0n) is 13.9. The molecule has 134 valence electrons. The van der Waals surface area contributed by atoms with E-state index in [4.69, 9.17) is 16.3 Å². The molecule has 8 heteroatoms. The molecular weight excluding hydrogens is 384 g/mol. The van der Waals surface area contributed by atoms with Gasteiger partial charge in [0, 0.05) is 34.9 Å². The molecule has 0 aliphatic rings. The zero-order valence-corrected chi connectivity index (χ0v) is 15.5. The van der Waals surface area contributed by atoms with Gasteiger partial charge in [-0.3, -0.25) is 20.1 Å². The van der Waals surface area contributed by atoms with Crippen LogP contribution in [0, 0.1) is 0 Å². The molecule has 1 amide bonds. The number of hydrogen-bond acceptors (Lipinski definition) is 6. The molecule has 1 N–H and O–H groups in total. The fraction of sp³-hybridized carbons (Fsp3) is 0.0526. The van der Waals surface area contributed by atoms with Gasteiger partial charge in [-0.25, -0.2) is 4.98 Å². The zero-order chi connectivity index (χ0) is 18.6. The standard InChI is InChI=1S/C19H13ClN4O2S/c20-14-5-6-16(18-13(14)4-2-8-22-18)26-10-17(25)24-19-23-15(11-27-19)12-3-1-7-21-9-12/h1-9,11H,10H2,(H,23,24,25). The van der Waals surface area contributed by atoms with Crippen LogP contribution in [0.2, 0.25) is 5.02 Å². The largest absolute Gasteiger partial charge is 0.481 e. The summed E-state index contributed by atoms with van der Waals surface area (Å²) in [7, 11) is 0. The minimum absolute atomic E-state index is 0.158. The molecule has 0 atom stereocenters. The van der Waals surface area contributed by atoms with Gasteiger partial charge in [0.25, 0.3) is 5.91 Å². The first kappa shape index (κ1) is 17.4. The highest BCUT2D eigenvalue weighted by molar-refractivity contribution is 7.14. The van der Waals surface area contributed by atoms with Gasteiger partial charge in [-0.05, 0) is 36.4 Å². The second-order valence-electron chi connectivity index (χ2n) is 5.56. The Balaban J connectivity index is 1.42. The van der Waals surface area contributed by atoms with Crippen molar-refractivity contribution in [3.63, 3.8) is 0 Å². The predicted octanol–water partition coefficient (Wildman–Crippen LogP) is 4.42. The second kappa shape index (κ2) is 7.69. The van der Waals surface area contributed by atoms with Gasteiger partial charge in [0.15, 0.2) is 11.7 Å². The van der Waals surface area contributed by atoms with E-state index in [-0.39, 0.29) is 12.5 Å². The third kappa shape index (κ3) is 3.89. The number of hydrogen-bond donors (Lipinski definition) is 1. The van der Waals surface area contributed by atoms with E-state index < -0.39 is 0 Å². The Kier molecular flexibility index (Phi) is 4.95. The minimum Gasteiger partial charge on any atom is -0.481 e. The van der Waals surface area contributed by atoms with Crippen LogP contribution in [0.25, 0.3) is 22.2 Å². The summed E-state index contributed by atoms with van der Waals surface area (Å²) in [4.78, 5) is 25.0. The van der Waals surface area contributed by atoms with Crippen molar-refractivity contribution in [2.24, 2.45) is 0 Å². The lowest BCUT2D eigenvalue weighted by Crippen LogP contribution is -2.20. The Labute approximate surface area is 163 Å². The number of nitrogens with zero attached hydrogens (tertiary/aromatic N) is 3. The van der Waals surface area contributed by atoms with Crippen LogP contribution >= 0.6 is 22.9 Å². The van der Waals surface area contributed by atoms with Gasteiger partial charge in [0.05, 0.1) is 10.7 Å². The number of carbonyl (C=O) groups is 1. The molecule has 0 unspecified atom stereocenters. The van der Waals surface area contributed by atoms with Gasteiger partial charge in [-0.1, -0.05) is 11.6 Å². The maximum absolute atomic E-state index is 12.2. The number of nitrogens with one attached hydrogen (secondary N) is 1. The first-order valence-corrected chi connectivity index (χ1v) is 9.28. The Hall–Kier alpha value is -3.03. The maximum Gasteiger partial charge on any atom is 0.264 e. The molecule has 0 aliphatic heterocycles. The van der Waals surface area contributed by atoms with E-state index in [1.807, 2.05) is 23.6 Å². The van der Waals surface area contributed by atoms with E-state index in [1.54, 1.807) is 36.8 Å². The Morgan fingerprint density at radius 2 is 2.07 bits per heavy atom. The molecule has 0 saturated heterocycles. The van der Waals surface area contributed by atoms with E-state index in [0.717, 1.165) is 16.6 Å². The van der Waals surface area contributed by atoms with Crippen molar-refractivity contribution in [3.8, 4) is 17.0 Å². The summed E-state index contributed by atoms with van der Waals surface area (Å²) in [6.07, 6.45) is 5.08. The van der Waals surface area contributed by atoms with Crippen molar-refractivity contribution in [2.45, 2.75) is 0 Å². The number of carbonyl (C=O) groups excluding carboxylic acids is 1. The predicted molar refractivity (Wildman–Crippen MR) is 106 cm³/mol. The summed E-state index contributed by atoms with van der Waals surface area (Å²) in [6.45, 7) is -0.158. The summed E-state index contributed by atoms with van der Waals surface area (Å²) in [5, 5.41) is 6.46. The summed E-state index contributed by atoms with van der Waals surface area (Å²) in [5.74, 6) is 0.196. The van der Waals surface area contributed by atoms with Crippen LogP contribution in [0.5, 0.6) is 5.75 Å². The van der Waals surface area contributed by atoms with E-state index in [9.17, 15) is 4.79 Å². The van der Waals surface area contributed by atoms with Gasteiger partial charge in [-0.15, -0.1) is 11.3 Å². The lowest BCUT2D eigenvalue weighted by Gasteiger charge is -2.09. The van der Waals surface area contributed by atoms with Crippen molar-refractivity contribution in [3.05, 3.63) is 65.4 Å². The average molecular weight is 397 g/mol. The highest BCUT2D eigenvalue weighted by Crippen LogP contribution is 2.29. The third-order valence-corrected chi connectivity index (χ3v) is 4.83. The number of halogens is 1. The summed E-state index contributed by atoms with van der Waals surface area (Å²) < 4.78 is 5.63. The number of amides is 1. The van der Waals surface area contributed by atoms with Crippen LogP contribution in [0.3, 0.4) is 0 Å². The fourth-order valence-electron chi connectivity index (χ4n) is 2.51. The molecule has 0 bridgehead atoms. The molecule has 6 nitrogen and oxygen atoms in total. The van der Waals surface area contributed by atoms with Crippen LogP contribution in [0.1, 0.15) is 0 Å². The van der Waals surface area contributed by atoms with E-state index in [1.165, 1.54) is 11.3 Å². The molecule has 27 heavy (non-hydrogen) atoms. The topological polar surface area (TPSA) is 77.0 Å². The van der Waals surface area contributed by atoms with E-state index >= 15 is 0 Å². The molecule has 0 aliphatic carbocycles. The van der Waals surface area contributed by atoms with Crippen LogP contribution in [-0.4, -0.2) is 27.5 Å². The minimum atomic E-state index is -0.305. The number of fused-ring (bicyclic) bond motifs is 1. The molecule has 0 spiro atoms. The van der Waals surface area contributed by atoms with Gasteiger partial charge < -0.3 is 4.74 Å². The third-order valence-electron chi connectivity index (χ3n) is 3.75. The molecular formula is C19H13ClN4O2S. The average Bonchev–Trinajstić information content (AvgIpc) is 3.17. The lowest BCUT2D eigenvalue weighted by molar-refractivity contribution is -0.118. The smallest absolute Gasteiger partial charge is 0.264 e. The number of ether oxygens (including phenoxy) is 1. The quantitative estimate of drug-likeness (QED) is 0.540. The van der Waals surface area contributed by atoms with Crippen molar-refractivity contribution < 1.29 is 9.53 Å². The second-order valence-corrected chi connectivity index (χ2v) is 6.83. The van der Waals surface area contributed by atoms with Gasteiger partial charge in [0.2, 0.25) is 0 Å². The van der Waals surface area contributed by atoms with Crippen molar-refractivity contribution >= 4 is 44.9 Å². The summed E-state index contributed by atoms with van der Waals surface area (Å²) >= 11 is 7.51. The number of pyridine rings is 2. The van der Waals surface area contributed by atoms with Gasteiger partial charge >= 0.3 is 0 Å². The normalized spacial score (nSPS) is 10.7. The van der Waals surface area contributed by atoms with Crippen LogP contribution in [-0.2, 0) is 4.79 Å². The lowest BCUT2D eigenvalue weighted by atomic mass is 10.2. The monoisotopic (exact) mass is 396 g/mol. The number of benzene rings is 1. The molecule has 3 heterocycles. The number of aromatic nitrogens is 3. The van der Waals surface area contributed by atoms with Crippen molar-refractivity contribution in [2.75, 3.05) is 11.9 Å². The Morgan fingerprint density at radius 3 is 2.93 bits per heavy atom. The van der Waals surface area contributed by atoms with E-state index in [2.05, 4.69) is 20.3 Å². The molecule has 4 aromatic rings. The molecule has 1 aromatic carbocycles. The van der Waals surface area contributed by atoms with Gasteiger partial charge in [0.1, 0.15) is 11.3 Å². The van der Waals surface area contributed by atoms with Gasteiger partial charge in [-0.2, -0.15) is 0 Å². The Bertz CT molecular complexity index is 1100. The highest BCUT2D eigenvalue weighted by Gasteiger charge is 2.11. The molecule has 4 rings (SSSR count). The number of anilines is 1. The number of rotatable bonds is 5. The maximum atomic E-state index is 12.2. The molecule has 0 radical (unpaired) electrons. The Morgan fingerprint density at radius 1 is 1.19 bits per heavy atom. The van der Waals surface area contributed by atoms with Crippen LogP contribution in [0.15, 0.2) is 60.4 Å². The fourth-order valence-corrected chi connectivity index (χ4v) is 3.46. The van der Waals surface area contributed by atoms with Crippen LogP contribution < -0.4 is 10.1 Å².